The normalized spacial score (nSPS) is 23.8. The second-order valence-corrected chi connectivity index (χ2v) is 8.03. The zero-order chi connectivity index (χ0) is 18.1. The molecule has 2 bridgehead atoms. The molecule has 5 rings (SSSR count). The molecule has 2 aliphatic rings. The first-order valence-electron chi connectivity index (χ1n) is 8.55. The lowest BCUT2D eigenvalue weighted by Crippen LogP contribution is -2.49. The summed E-state index contributed by atoms with van der Waals surface area (Å²) in [6.07, 6.45) is 4.36. The summed E-state index contributed by atoms with van der Waals surface area (Å²) in [6.45, 7) is 3.98. The molecule has 0 spiro atoms. The molecule has 4 heterocycles. The van der Waals surface area contributed by atoms with Crippen LogP contribution in [0.2, 0.25) is 0 Å². The summed E-state index contributed by atoms with van der Waals surface area (Å²) in [5, 5.41) is 4.26. The van der Waals surface area contributed by atoms with E-state index < -0.39 is 5.72 Å². The van der Waals surface area contributed by atoms with Crippen LogP contribution in [0.5, 0.6) is 5.75 Å². The molecule has 0 N–H and O–H groups in total. The monoisotopic (exact) mass is 366 g/mol. The molecular weight excluding hydrogens is 348 g/mol. The fourth-order valence-corrected chi connectivity index (χ4v) is 4.85. The highest BCUT2D eigenvalue weighted by Crippen LogP contribution is 2.42. The van der Waals surface area contributed by atoms with Gasteiger partial charge in [-0.25, -0.2) is 4.99 Å². The number of nitrogens with zero attached hydrogens (tertiary/aromatic N) is 4. The van der Waals surface area contributed by atoms with E-state index in [4.69, 9.17) is 9.73 Å². The SMILES string of the molecule is Cc1c(/C=c2/sc3n(c2=O)[C@H]2C[C@@](C)(N=3)Oc3ccccc32)cnn1C. The molecule has 2 aliphatic heterocycles. The fraction of sp³-hybridized carbons (Fsp3) is 0.316. The quantitative estimate of drug-likeness (QED) is 0.656. The van der Waals surface area contributed by atoms with Gasteiger partial charge in [-0.05, 0) is 26.0 Å². The van der Waals surface area contributed by atoms with E-state index in [9.17, 15) is 4.79 Å². The number of rotatable bonds is 1. The molecular formula is C19H18N4O2S. The van der Waals surface area contributed by atoms with Crippen molar-refractivity contribution in [3.8, 4) is 5.75 Å². The summed E-state index contributed by atoms with van der Waals surface area (Å²) >= 11 is 1.42. The van der Waals surface area contributed by atoms with Crippen molar-refractivity contribution in [1.82, 2.24) is 14.3 Å². The van der Waals surface area contributed by atoms with Gasteiger partial charge in [-0.3, -0.25) is 14.0 Å². The van der Waals surface area contributed by atoms with Crippen molar-refractivity contribution in [2.24, 2.45) is 12.0 Å². The van der Waals surface area contributed by atoms with Crippen molar-refractivity contribution < 1.29 is 4.74 Å². The van der Waals surface area contributed by atoms with Gasteiger partial charge in [0.1, 0.15) is 5.75 Å². The molecule has 0 unspecified atom stereocenters. The molecule has 0 fully saturated rings. The molecule has 0 saturated heterocycles. The molecule has 26 heavy (non-hydrogen) atoms. The first-order chi connectivity index (χ1) is 12.5. The van der Waals surface area contributed by atoms with Gasteiger partial charge in [0.2, 0.25) is 5.72 Å². The third kappa shape index (κ3) is 2.13. The molecule has 0 aliphatic carbocycles. The number of aryl methyl sites for hydroxylation is 1. The highest BCUT2D eigenvalue weighted by molar-refractivity contribution is 7.07. The summed E-state index contributed by atoms with van der Waals surface area (Å²) in [5.41, 5.74) is 2.40. The highest BCUT2D eigenvalue weighted by atomic mass is 32.1. The van der Waals surface area contributed by atoms with Crippen LogP contribution in [-0.4, -0.2) is 20.1 Å². The Morgan fingerprint density at radius 2 is 2.19 bits per heavy atom. The predicted octanol–water partition coefficient (Wildman–Crippen LogP) is 1.50. The van der Waals surface area contributed by atoms with Crippen molar-refractivity contribution in [2.45, 2.75) is 32.0 Å². The van der Waals surface area contributed by atoms with E-state index in [1.54, 1.807) is 10.9 Å². The molecule has 0 amide bonds. The second kappa shape index (κ2) is 5.17. The number of fused-ring (bicyclic) bond motifs is 6. The Labute approximate surface area is 153 Å². The van der Waals surface area contributed by atoms with Crippen LogP contribution in [0.3, 0.4) is 0 Å². The molecule has 0 saturated carbocycles. The number of thiazole rings is 1. The van der Waals surface area contributed by atoms with Gasteiger partial charge in [-0.2, -0.15) is 5.10 Å². The van der Waals surface area contributed by atoms with E-state index in [2.05, 4.69) is 5.10 Å². The van der Waals surface area contributed by atoms with E-state index in [0.717, 1.165) is 27.4 Å². The van der Waals surface area contributed by atoms with Crippen LogP contribution in [0.1, 0.15) is 36.2 Å². The summed E-state index contributed by atoms with van der Waals surface area (Å²) in [5.74, 6) is 0.812. The maximum absolute atomic E-state index is 13.2. The minimum absolute atomic E-state index is 0.000700. The number of hydrogen-bond donors (Lipinski definition) is 0. The first kappa shape index (κ1) is 15.6. The van der Waals surface area contributed by atoms with Gasteiger partial charge in [0.15, 0.2) is 4.80 Å². The molecule has 1 aromatic carbocycles. The Morgan fingerprint density at radius 1 is 1.38 bits per heavy atom. The van der Waals surface area contributed by atoms with Crippen LogP contribution in [0.25, 0.3) is 6.08 Å². The van der Waals surface area contributed by atoms with Crippen LogP contribution < -0.4 is 19.6 Å². The average molecular weight is 366 g/mol. The third-order valence-electron chi connectivity index (χ3n) is 5.22. The Morgan fingerprint density at radius 3 is 2.96 bits per heavy atom. The Hall–Kier alpha value is -2.67. The highest BCUT2D eigenvalue weighted by Gasteiger charge is 2.42. The molecule has 7 heteroatoms. The Bertz CT molecular complexity index is 1220. The lowest BCUT2D eigenvalue weighted by atomic mass is 9.93. The topological polar surface area (TPSA) is 61.4 Å². The smallest absolute Gasteiger partial charge is 0.270 e. The number of aromatic nitrogens is 3. The van der Waals surface area contributed by atoms with Crippen LogP contribution in [0.4, 0.5) is 0 Å². The van der Waals surface area contributed by atoms with Gasteiger partial charge >= 0.3 is 0 Å². The van der Waals surface area contributed by atoms with Crippen LogP contribution in [0.15, 0.2) is 40.2 Å². The van der Waals surface area contributed by atoms with E-state index in [-0.39, 0.29) is 11.6 Å². The maximum atomic E-state index is 13.2. The van der Waals surface area contributed by atoms with E-state index in [1.807, 2.05) is 55.8 Å². The first-order valence-corrected chi connectivity index (χ1v) is 9.36. The van der Waals surface area contributed by atoms with Crippen molar-refractivity contribution in [2.75, 3.05) is 0 Å². The largest absolute Gasteiger partial charge is 0.466 e. The van der Waals surface area contributed by atoms with Gasteiger partial charge in [-0.1, -0.05) is 29.5 Å². The summed E-state index contributed by atoms with van der Waals surface area (Å²) < 4.78 is 10.4. The van der Waals surface area contributed by atoms with Gasteiger partial charge in [0.05, 0.1) is 16.8 Å². The van der Waals surface area contributed by atoms with Crippen molar-refractivity contribution >= 4 is 17.4 Å². The van der Waals surface area contributed by atoms with Crippen molar-refractivity contribution in [3.63, 3.8) is 0 Å². The van der Waals surface area contributed by atoms with Gasteiger partial charge in [0, 0.05) is 30.3 Å². The van der Waals surface area contributed by atoms with Gasteiger partial charge in [0.25, 0.3) is 5.56 Å². The molecule has 3 aromatic rings. The molecule has 2 atom stereocenters. The number of para-hydroxylation sites is 1. The van der Waals surface area contributed by atoms with Crippen molar-refractivity contribution in [1.29, 1.82) is 0 Å². The number of hydrogen-bond acceptors (Lipinski definition) is 5. The Balaban J connectivity index is 1.77. The standard InChI is InChI=1S/C19H18N4O2S/c1-11-12(10-20-22(11)3)8-16-17(24)23-14-9-19(2,21-18(23)26-16)25-15-7-5-4-6-13(14)15/h4-8,10,14H,9H2,1-3H3/b16-8+/t14-,19-/m0/s1. The summed E-state index contributed by atoms with van der Waals surface area (Å²) in [7, 11) is 1.90. The fourth-order valence-electron chi connectivity index (χ4n) is 3.74. The minimum atomic E-state index is -0.627. The second-order valence-electron chi connectivity index (χ2n) is 7.02. The average Bonchev–Trinajstić information content (AvgIpc) is 3.08. The van der Waals surface area contributed by atoms with Gasteiger partial charge in [-0.15, -0.1) is 0 Å². The van der Waals surface area contributed by atoms with Crippen molar-refractivity contribution in [3.05, 3.63) is 67.0 Å². The molecule has 132 valence electrons. The Kier molecular flexibility index (Phi) is 3.10. The summed E-state index contributed by atoms with van der Waals surface area (Å²) in [4.78, 5) is 18.6. The van der Waals surface area contributed by atoms with Crippen LogP contribution in [0, 0.1) is 6.92 Å². The molecule has 2 aromatic heterocycles. The summed E-state index contributed by atoms with van der Waals surface area (Å²) in [6, 6.07) is 7.88. The van der Waals surface area contributed by atoms with Crippen LogP contribution >= 0.6 is 11.3 Å². The lowest BCUT2D eigenvalue weighted by Gasteiger charge is -2.39. The molecule has 6 nitrogen and oxygen atoms in total. The zero-order valence-corrected chi connectivity index (χ0v) is 15.6. The van der Waals surface area contributed by atoms with Crippen LogP contribution in [-0.2, 0) is 7.05 Å². The maximum Gasteiger partial charge on any atom is 0.270 e. The number of benzene rings is 1. The van der Waals surface area contributed by atoms with E-state index >= 15 is 0 Å². The zero-order valence-electron chi connectivity index (χ0n) is 14.8. The minimum Gasteiger partial charge on any atom is -0.466 e. The van der Waals surface area contributed by atoms with Gasteiger partial charge < -0.3 is 4.74 Å². The molecule has 0 radical (unpaired) electrons. The van der Waals surface area contributed by atoms with E-state index in [1.165, 1.54) is 11.3 Å². The van der Waals surface area contributed by atoms with E-state index in [0.29, 0.717) is 11.0 Å². The predicted molar refractivity (Wildman–Crippen MR) is 99.1 cm³/mol. The lowest BCUT2D eigenvalue weighted by molar-refractivity contribution is 0.0410. The third-order valence-corrected chi connectivity index (χ3v) is 6.20. The number of ether oxygens (including phenoxy) is 1.